The van der Waals surface area contributed by atoms with Gasteiger partial charge >= 0.3 is 5.69 Å². The van der Waals surface area contributed by atoms with Crippen molar-refractivity contribution in [1.29, 1.82) is 0 Å². The molecular weight excluding hydrogens is 356 g/mol. The zero-order valence-corrected chi connectivity index (χ0v) is 16.7. The maximum atomic E-state index is 13.1. The van der Waals surface area contributed by atoms with E-state index in [0.717, 1.165) is 18.5 Å². The minimum Gasteiger partial charge on any atom is -0.383 e. The summed E-state index contributed by atoms with van der Waals surface area (Å²) in [5, 5.41) is 0. The lowest BCUT2D eigenvalue weighted by Crippen LogP contribution is -2.33. The first-order valence-electron chi connectivity index (χ1n) is 10.5. The molecule has 152 valence electrons. The largest absolute Gasteiger partial charge is 0.383 e. The zero-order valence-electron chi connectivity index (χ0n) is 16.7. The summed E-state index contributed by atoms with van der Waals surface area (Å²) in [5.74, 6) is 0.791. The summed E-state index contributed by atoms with van der Waals surface area (Å²) in [4.78, 5) is 32.3. The Morgan fingerprint density at radius 1 is 1.25 bits per heavy atom. The topological polar surface area (TPSA) is 69.4 Å². The number of ether oxygens (including phenoxy) is 1. The SMILES string of the molecule is COCCn1c(=O)n([C@@H]2CCN(C(=O)CC3CCCCC3)C2)c2ncccc21. The Morgan fingerprint density at radius 2 is 2.07 bits per heavy atom. The number of fused-ring (bicyclic) bond motifs is 1. The number of hydrogen-bond donors (Lipinski definition) is 0. The summed E-state index contributed by atoms with van der Waals surface area (Å²) < 4.78 is 8.69. The van der Waals surface area contributed by atoms with Crippen LogP contribution in [-0.4, -0.2) is 51.7 Å². The van der Waals surface area contributed by atoms with Crippen molar-refractivity contribution in [2.75, 3.05) is 26.8 Å². The van der Waals surface area contributed by atoms with E-state index >= 15 is 0 Å². The summed E-state index contributed by atoms with van der Waals surface area (Å²) in [5.41, 5.74) is 1.48. The van der Waals surface area contributed by atoms with E-state index in [1.54, 1.807) is 22.4 Å². The molecule has 0 spiro atoms. The third-order valence-electron chi connectivity index (χ3n) is 6.31. The van der Waals surface area contributed by atoms with Crippen LogP contribution in [0, 0.1) is 5.92 Å². The number of amides is 1. The zero-order chi connectivity index (χ0) is 19.5. The summed E-state index contributed by atoms with van der Waals surface area (Å²) in [6, 6.07) is 3.77. The first-order chi connectivity index (χ1) is 13.7. The molecule has 4 rings (SSSR count). The molecule has 1 amide bonds. The molecule has 3 heterocycles. The maximum absolute atomic E-state index is 13.1. The van der Waals surface area contributed by atoms with Crippen LogP contribution in [0.25, 0.3) is 11.2 Å². The number of hydrogen-bond acceptors (Lipinski definition) is 4. The van der Waals surface area contributed by atoms with Gasteiger partial charge in [0, 0.05) is 32.8 Å². The highest BCUT2D eigenvalue weighted by Crippen LogP contribution is 2.29. The average Bonchev–Trinajstić information content (AvgIpc) is 3.30. The Balaban J connectivity index is 1.52. The van der Waals surface area contributed by atoms with Gasteiger partial charge in [0.15, 0.2) is 5.65 Å². The quantitative estimate of drug-likeness (QED) is 0.765. The van der Waals surface area contributed by atoms with Crippen molar-refractivity contribution in [1.82, 2.24) is 19.0 Å². The molecule has 7 nitrogen and oxygen atoms in total. The van der Waals surface area contributed by atoms with E-state index in [4.69, 9.17) is 4.74 Å². The van der Waals surface area contributed by atoms with E-state index in [9.17, 15) is 9.59 Å². The predicted octanol–water partition coefficient (Wildman–Crippen LogP) is 2.59. The minimum atomic E-state index is -0.0580. The monoisotopic (exact) mass is 386 g/mol. The van der Waals surface area contributed by atoms with Crippen LogP contribution in [0.2, 0.25) is 0 Å². The third-order valence-corrected chi connectivity index (χ3v) is 6.31. The summed E-state index contributed by atoms with van der Waals surface area (Å²) in [7, 11) is 1.63. The fourth-order valence-corrected chi connectivity index (χ4v) is 4.78. The molecule has 0 aromatic carbocycles. The van der Waals surface area contributed by atoms with Crippen LogP contribution in [-0.2, 0) is 16.1 Å². The van der Waals surface area contributed by atoms with Crippen molar-refractivity contribution >= 4 is 17.1 Å². The number of carbonyl (C=O) groups is 1. The van der Waals surface area contributed by atoms with Gasteiger partial charge in [-0.1, -0.05) is 19.3 Å². The number of imidazole rings is 1. The van der Waals surface area contributed by atoms with E-state index in [-0.39, 0.29) is 17.6 Å². The lowest BCUT2D eigenvalue weighted by molar-refractivity contribution is -0.131. The van der Waals surface area contributed by atoms with Crippen LogP contribution in [0.15, 0.2) is 23.1 Å². The van der Waals surface area contributed by atoms with Crippen LogP contribution in [0.4, 0.5) is 0 Å². The van der Waals surface area contributed by atoms with Crippen LogP contribution in [0.5, 0.6) is 0 Å². The fraction of sp³-hybridized carbons (Fsp3) is 0.667. The Kier molecular flexibility index (Phi) is 5.80. The second kappa shape index (κ2) is 8.47. The van der Waals surface area contributed by atoms with Gasteiger partial charge in [0.25, 0.3) is 0 Å². The second-order valence-corrected chi connectivity index (χ2v) is 8.13. The Hall–Kier alpha value is -2.15. The molecule has 1 saturated heterocycles. The molecule has 0 N–H and O–H groups in total. The summed E-state index contributed by atoms with van der Waals surface area (Å²) in [6.45, 7) is 2.30. The average molecular weight is 386 g/mol. The summed E-state index contributed by atoms with van der Waals surface area (Å²) >= 11 is 0. The number of carbonyl (C=O) groups excluding carboxylic acids is 1. The summed E-state index contributed by atoms with van der Waals surface area (Å²) in [6.07, 6.45) is 9.36. The van der Waals surface area contributed by atoms with Crippen molar-refractivity contribution in [3.63, 3.8) is 0 Å². The van der Waals surface area contributed by atoms with Crippen LogP contribution in [0.3, 0.4) is 0 Å². The number of methoxy groups -OCH3 is 1. The van der Waals surface area contributed by atoms with E-state index in [0.29, 0.717) is 37.7 Å². The molecule has 2 aromatic rings. The number of rotatable bonds is 6. The van der Waals surface area contributed by atoms with Crippen LogP contribution in [0.1, 0.15) is 51.0 Å². The lowest BCUT2D eigenvalue weighted by Gasteiger charge is -2.24. The van der Waals surface area contributed by atoms with Gasteiger partial charge in [-0.3, -0.25) is 13.9 Å². The molecule has 0 radical (unpaired) electrons. The molecule has 2 aromatic heterocycles. The van der Waals surface area contributed by atoms with Crippen molar-refractivity contribution in [2.24, 2.45) is 5.92 Å². The lowest BCUT2D eigenvalue weighted by atomic mass is 9.87. The minimum absolute atomic E-state index is 0.0102. The molecule has 0 unspecified atom stereocenters. The Bertz CT molecular complexity index is 881. The molecule has 1 atom stereocenters. The molecular formula is C21H30N4O3. The number of aromatic nitrogens is 3. The fourth-order valence-electron chi connectivity index (χ4n) is 4.78. The maximum Gasteiger partial charge on any atom is 0.330 e. The van der Waals surface area contributed by atoms with E-state index in [2.05, 4.69) is 4.98 Å². The second-order valence-electron chi connectivity index (χ2n) is 8.13. The van der Waals surface area contributed by atoms with Gasteiger partial charge in [-0.25, -0.2) is 9.78 Å². The van der Waals surface area contributed by atoms with Crippen molar-refractivity contribution < 1.29 is 9.53 Å². The molecule has 2 aliphatic rings. The number of likely N-dealkylation sites (tertiary alicyclic amines) is 1. The van der Waals surface area contributed by atoms with Gasteiger partial charge in [-0.2, -0.15) is 0 Å². The van der Waals surface area contributed by atoms with Crippen LogP contribution >= 0.6 is 0 Å². The van der Waals surface area contributed by atoms with Gasteiger partial charge in [0.2, 0.25) is 5.91 Å². The predicted molar refractivity (Wildman–Crippen MR) is 107 cm³/mol. The molecule has 1 aliphatic carbocycles. The van der Waals surface area contributed by atoms with Gasteiger partial charge in [-0.15, -0.1) is 0 Å². The van der Waals surface area contributed by atoms with Gasteiger partial charge in [0.1, 0.15) is 0 Å². The van der Waals surface area contributed by atoms with E-state index in [1.165, 1.54) is 32.1 Å². The third kappa shape index (κ3) is 3.72. The Labute approximate surface area is 165 Å². The highest BCUT2D eigenvalue weighted by molar-refractivity contribution is 5.77. The van der Waals surface area contributed by atoms with Crippen molar-refractivity contribution in [3.05, 3.63) is 28.8 Å². The molecule has 2 fully saturated rings. The molecule has 0 bridgehead atoms. The molecule has 28 heavy (non-hydrogen) atoms. The first kappa shape index (κ1) is 19.2. The van der Waals surface area contributed by atoms with Crippen molar-refractivity contribution in [2.45, 2.75) is 57.5 Å². The van der Waals surface area contributed by atoms with Gasteiger partial charge in [0.05, 0.1) is 24.7 Å². The van der Waals surface area contributed by atoms with E-state index < -0.39 is 0 Å². The van der Waals surface area contributed by atoms with Crippen molar-refractivity contribution in [3.8, 4) is 0 Å². The van der Waals surface area contributed by atoms with Gasteiger partial charge in [-0.05, 0) is 37.3 Å². The number of nitrogens with zero attached hydrogens (tertiary/aromatic N) is 4. The standard InChI is InChI=1S/C21H30N4O3/c1-28-13-12-24-18-8-5-10-22-20(18)25(21(24)27)17-9-11-23(15-17)19(26)14-16-6-3-2-4-7-16/h5,8,10,16-17H,2-4,6-7,9,11-15H2,1H3/t17-/m1/s1. The molecule has 1 saturated carbocycles. The number of pyridine rings is 1. The first-order valence-corrected chi connectivity index (χ1v) is 10.5. The van der Waals surface area contributed by atoms with Crippen LogP contribution < -0.4 is 5.69 Å². The van der Waals surface area contributed by atoms with Gasteiger partial charge < -0.3 is 9.64 Å². The molecule has 7 heteroatoms. The highest BCUT2D eigenvalue weighted by Gasteiger charge is 2.31. The smallest absolute Gasteiger partial charge is 0.330 e. The molecule has 1 aliphatic heterocycles. The Morgan fingerprint density at radius 3 is 2.86 bits per heavy atom. The normalized spacial score (nSPS) is 20.9. The highest BCUT2D eigenvalue weighted by atomic mass is 16.5. The van der Waals surface area contributed by atoms with E-state index in [1.807, 2.05) is 17.0 Å².